The maximum atomic E-state index is 13.5. The van der Waals surface area contributed by atoms with E-state index >= 15 is 0 Å². The molecule has 1 saturated carbocycles. The van der Waals surface area contributed by atoms with E-state index in [1.807, 2.05) is 31.3 Å². The zero-order chi connectivity index (χ0) is 31.8. The predicted octanol–water partition coefficient (Wildman–Crippen LogP) is 3.35. The summed E-state index contributed by atoms with van der Waals surface area (Å²) in [5, 5.41) is 13.7. The van der Waals surface area contributed by atoms with Gasteiger partial charge in [-0.15, -0.1) is 22.7 Å². The summed E-state index contributed by atoms with van der Waals surface area (Å²) in [5.41, 5.74) is 1.67. The second-order valence-corrected chi connectivity index (χ2v) is 14.5. The van der Waals surface area contributed by atoms with Crippen molar-refractivity contribution < 1.29 is 19.1 Å². The maximum absolute atomic E-state index is 13.5. The van der Waals surface area contributed by atoms with Crippen LogP contribution in [0.1, 0.15) is 84.1 Å². The molecule has 0 bridgehead atoms. The van der Waals surface area contributed by atoms with Crippen LogP contribution in [0.2, 0.25) is 0 Å². The van der Waals surface area contributed by atoms with Crippen molar-refractivity contribution in [3.05, 3.63) is 54.7 Å². The van der Waals surface area contributed by atoms with Crippen molar-refractivity contribution in [2.45, 2.75) is 77.1 Å². The SMILES string of the molecule is C[C@@H](CCc1c2c(cc(=O)n1Cc1nc(-c3nc(C(=O)NCCN(C)C)cs3)cs1)C1(CC1)NC2=O)NC(=O)OC(C)(C)C. The van der Waals surface area contributed by atoms with Crippen LogP contribution in [-0.2, 0) is 23.2 Å². The number of rotatable bonds is 11. The summed E-state index contributed by atoms with van der Waals surface area (Å²) in [6.07, 6.45) is 2.00. The normalized spacial score (nSPS) is 15.7. The first kappa shape index (κ1) is 31.8. The Bertz CT molecular complexity index is 1630. The molecule has 4 heterocycles. The van der Waals surface area contributed by atoms with Crippen molar-refractivity contribution in [1.82, 2.24) is 35.4 Å². The third kappa shape index (κ3) is 7.19. The van der Waals surface area contributed by atoms with E-state index in [4.69, 9.17) is 9.72 Å². The van der Waals surface area contributed by atoms with Gasteiger partial charge in [-0.2, -0.15) is 0 Å². The van der Waals surface area contributed by atoms with E-state index in [-0.39, 0.29) is 30.0 Å². The molecule has 0 radical (unpaired) electrons. The lowest BCUT2D eigenvalue weighted by molar-refractivity contribution is 0.0505. The van der Waals surface area contributed by atoms with Gasteiger partial charge in [0.2, 0.25) is 0 Å². The fraction of sp³-hybridized carbons (Fsp3) is 0.533. The Balaban J connectivity index is 1.35. The number of pyridine rings is 1. The van der Waals surface area contributed by atoms with Gasteiger partial charge in [0.05, 0.1) is 17.6 Å². The van der Waals surface area contributed by atoms with Gasteiger partial charge in [-0.3, -0.25) is 14.4 Å². The molecule has 3 aromatic rings. The second-order valence-electron chi connectivity index (χ2n) is 12.6. The number of nitrogens with one attached hydrogen (secondary N) is 3. The van der Waals surface area contributed by atoms with Crippen LogP contribution in [0.3, 0.4) is 0 Å². The van der Waals surface area contributed by atoms with E-state index in [0.717, 1.165) is 24.9 Å². The average molecular weight is 642 g/mol. The fourth-order valence-electron chi connectivity index (χ4n) is 5.16. The number of thiazole rings is 2. The molecular formula is C30H39N7O5S2. The summed E-state index contributed by atoms with van der Waals surface area (Å²) < 4.78 is 7.00. The number of likely N-dealkylation sites (N-methyl/N-ethyl adjacent to an activating group) is 1. The van der Waals surface area contributed by atoms with Gasteiger partial charge in [0.1, 0.15) is 27.0 Å². The average Bonchev–Trinajstić information content (AvgIpc) is 3.24. The van der Waals surface area contributed by atoms with Gasteiger partial charge < -0.3 is 30.2 Å². The van der Waals surface area contributed by atoms with E-state index in [1.54, 1.807) is 36.8 Å². The van der Waals surface area contributed by atoms with Crippen LogP contribution in [-0.4, -0.2) is 76.2 Å². The monoisotopic (exact) mass is 641 g/mol. The van der Waals surface area contributed by atoms with Gasteiger partial charge in [0, 0.05) is 41.7 Å². The number of carbonyl (C=O) groups excluding carboxylic acids is 3. The topological polar surface area (TPSA) is 148 Å². The summed E-state index contributed by atoms with van der Waals surface area (Å²) in [7, 11) is 3.88. The molecule has 1 aliphatic carbocycles. The fourth-order valence-corrected chi connectivity index (χ4v) is 6.76. The van der Waals surface area contributed by atoms with Crippen LogP contribution in [0, 0.1) is 0 Å². The minimum atomic E-state index is -0.619. The van der Waals surface area contributed by atoms with E-state index in [0.29, 0.717) is 52.0 Å². The van der Waals surface area contributed by atoms with Gasteiger partial charge in [-0.1, -0.05) is 0 Å². The van der Waals surface area contributed by atoms with Crippen molar-refractivity contribution in [2.24, 2.45) is 0 Å². The van der Waals surface area contributed by atoms with Gasteiger partial charge >= 0.3 is 6.09 Å². The number of aromatic nitrogens is 3. The molecule has 0 saturated heterocycles. The first-order valence-corrected chi connectivity index (χ1v) is 16.4. The molecule has 1 spiro atoms. The summed E-state index contributed by atoms with van der Waals surface area (Å²) in [6, 6.07) is 1.33. The van der Waals surface area contributed by atoms with E-state index in [9.17, 15) is 19.2 Å². The van der Waals surface area contributed by atoms with Gasteiger partial charge in [-0.05, 0) is 73.0 Å². The Hall–Kier alpha value is -3.62. The Morgan fingerprint density at radius 3 is 2.61 bits per heavy atom. The number of alkyl carbamates (subject to hydrolysis) is 1. The minimum Gasteiger partial charge on any atom is -0.444 e. The number of nitrogens with zero attached hydrogens (tertiary/aromatic N) is 4. The molecule has 3 N–H and O–H groups in total. The van der Waals surface area contributed by atoms with E-state index in [2.05, 4.69) is 20.9 Å². The third-order valence-electron chi connectivity index (χ3n) is 7.49. The molecule has 44 heavy (non-hydrogen) atoms. The number of amides is 3. The quantitative estimate of drug-likeness (QED) is 0.289. The number of hydrogen-bond donors (Lipinski definition) is 3. The first-order valence-electron chi connectivity index (χ1n) is 14.7. The van der Waals surface area contributed by atoms with E-state index < -0.39 is 17.2 Å². The molecular weight excluding hydrogens is 603 g/mol. The molecule has 236 valence electrons. The van der Waals surface area contributed by atoms with E-state index in [1.165, 1.54) is 22.7 Å². The highest BCUT2D eigenvalue weighted by atomic mass is 32.1. The Kier molecular flexibility index (Phi) is 8.96. The van der Waals surface area contributed by atoms with Gasteiger partial charge in [0.15, 0.2) is 0 Å². The zero-order valence-electron chi connectivity index (χ0n) is 25.9. The van der Waals surface area contributed by atoms with Gasteiger partial charge in [-0.25, -0.2) is 14.8 Å². The van der Waals surface area contributed by atoms with Crippen LogP contribution in [0.4, 0.5) is 4.79 Å². The molecule has 1 fully saturated rings. The molecule has 0 aromatic carbocycles. The Labute approximate surface area is 264 Å². The number of hydrogen-bond acceptors (Lipinski definition) is 10. The summed E-state index contributed by atoms with van der Waals surface area (Å²) in [4.78, 5) is 62.8. The largest absolute Gasteiger partial charge is 0.444 e. The molecule has 1 aliphatic heterocycles. The van der Waals surface area contributed by atoms with Crippen molar-refractivity contribution in [3.8, 4) is 10.7 Å². The molecule has 3 amide bonds. The third-order valence-corrected chi connectivity index (χ3v) is 9.18. The zero-order valence-corrected chi connectivity index (χ0v) is 27.5. The lowest BCUT2D eigenvalue weighted by Crippen LogP contribution is -2.38. The van der Waals surface area contributed by atoms with Crippen molar-refractivity contribution >= 4 is 40.6 Å². The second kappa shape index (κ2) is 12.4. The summed E-state index contributed by atoms with van der Waals surface area (Å²) in [5.74, 6) is -0.408. The first-order chi connectivity index (χ1) is 20.7. The summed E-state index contributed by atoms with van der Waals surface area (Å²) in [6.45, 7) is 8.71. The lowest BCUT2D eigenvalue weighted by atomic mass is 9.98. The molecule has 1 atom stereocenters. The molecule has 14 heteroatoms. The van der Waals surface area contributed by atoms with Crippen LogP contribution >= 0.6 is 22.7 Å². The Morgan fingerprint density at radius 1 is 1.18 bits per heavy atom. The number of fused-ring (bicyclic) bond motifs is 2. The highest BCUT2D eigenvalue weighted by molar-refractivity contribution is 7.14. The van der Waals surface area contributed by atoms with Crippen molar-refractivity contribution in [1.29, 1.82) is 0 Å². The summed E-state index contributed by atoms with van der Waals surface area (Å²) >= 11 is 2.73. The van der Waals surface area contributed by atoms with Crippen molar-refractivity contribution in [3.63, 3.8) is 0 Å². The maximum Gasteiger partial charge on any atom is 0.407 e. The van der Waals surface area contributed by atoms with Crippen LogP contribution in [0.15, 0.2) is 21.6 Å². The minimum absolute atomic E-state index is 0.173. The lowest BCUT2D eigenvalue weighted by Gasteiger charge is -2.22. The molecule has 2 aliphatic rings. The molecule has 5 rings (SSSR count). The highest BCUT2D eigenvalue weighted by Gasteiger charge is 2.53. The molecule has 3 aromatic heterocycles. The Morgan fingerprint density at radius 2 is 1.93 bits per heavy atom. The standard InChI is InChI=1S/C30H39N7O5S2/c1-17(32-28(41)42-29(2,3)4)7-8-21-24-18(30(9-10-30)35-26(24)40)13-23(38)37(21)14-22-33-20(16-43-22)27-34-19(15-44-27)25(39)31-11-12-36(5)6/h13,15-17H,7-12,14H2,1-6H3,(H,31,39)(H,32,41)(H,35,40)/t17-/m0/s1. The van der Waals surface area contributed by atoms with Crippen LogP contribution in [0.25, 0.3) is 10.7 Å². The smallest absolute Gasteiger partial charge is 0.407 e. The number of carbonyl (C=O) groups is 3. The van der Waals surface area contributed by atoms with Crippen LogP contribution < -0.4 is 21.5 Å². The number of ether oxygens (including phenoxy) is 1. The van der Waals surface area contributed by atoms with Crippen LogP contribution in [0.5, 0.6) is 0 Å². The highest BCUT2D eigenvalue weighted by Crippen LogP contribution is 2.50. The molecule has 12 nitrogen and oxygen atoms in total. The predicted molar refractivity (Wildman–Crippen MR) is 169 cm³/mol. The van der Waals surface area contributed by atoms with Gasteiger partial charge in [0.25, 0.3) is 17.4 Å². The van der Waals surface area contributed by atoms with Crippen molar-refractivity contribution in [2.75, 3.05) is 27.2 Å². The molecule has 0 unspecified atom stereocenters.